The van der Waals surface area contributed by atoms with E-state index in [0.717, 1.165) is 29.4 Å². The van der Waals surface area contributed by atoms with Crippen LogP contribution in [-0.4, -0.2) is 24.5 Å². The molecule has 1 aromatic carbocycles. The molecular weight excluding hydrogens is 229 g/mol. The molecular formula is C12H15Cl2N. The van der Waals surface area contributed by atoms with E-state index in [1.54, 1.807) is 0 Å². The van der Waals surface area contributed by atoms with Crippen molar-refractivity contribution in [2.75, 3.05) is 13.6 Å². The number of halogens is 2. The van der Waals surface area contributed by atoms with E-state index in [1.807, 2.05) is 6.07 Å². The van der Waals surface area contributed by atoms with Crippen molar-refractivity contribution >= 4 is 23.2 Å². The number of hydrogen-bond donors (Lipinski definition) is 0. The third-order valence-corrected chi connectivity index (χ3v) is 3.79. The van der Waals surface area contributed by atoms with E-state index < -0.39 is 0 Å². The molecule has 0 spiro atoms. The van der Waals surface area contributed by atoms with Crippen LogP contribution < -0.4 is 0 Å². The molecule has 3 heteroatoms. The average Bonchev–Trinajstić information content (AvgIpc) is 2.27. The van der Waals surface area contributed by atoms with Gasteiger partial charge in [0.2, 0.25) is 0 Å². The van der Waals surface area contributed by atoms with E-state index in [4.69, 9.17) is 23.2 Å². The zero-order chi connectivity index (χ0) is 11.0. The topological polar surface area (TPSA) is 3.24 Å². The summed E-state index contributed by atoms with van der Waals surface area (Å²) in [4.78, 5) is 2.37. The van der Waals surface area contributed by atoms with Gasteiger partial charge in [-0.2, -0.15) is 0 Å². The van der Waals surface area contributed by atoms with E-state index in [9.17, 15) is 0 Å². The van der Waals surface area contributed by atoms with Crippen molar-refractivity contribution in [3.05, 3.63) is 33.3 Å². The third-order valence-electron chi connectivity index (χ3n) is 3.23. The number of benzene rings is 1. The Balaban J connectivity index is 2.42. The second kappa shape index (κ2) is 4.32. The lowest BCUT2D eigenvalue weighted by Gasteiger charge is -2.21. The van der Waals surface area contributed by atoms with Crippen LogP contribution in [0.2, 0.25) is 10.0 Å². The van der Waals surface area contributed by atoms with Gasteiger partial charge in [-0.15, -0.1) is 0 Å². The maximum Gasteiger partial charge on any atom is 0.0456 e. The average molecular weight is 244 g/mol. The van der Waals surface area contributed by atoms with E-state index in [0.29, 0.717) is 6.04 Å². The van der Waals surface area contributed by atoms with Crippen LogP contribution in [0.5, 0.6) is 0 Å². The van der Waals surface area contributed by atoms with Crippen LogP contribution in [0.25, 0.3) is 0 Å². The normalized spacial score (nSPS) is 22.3. The first-order chi connectivity index (χ1) is 7.08. The van der Waals surface area contributed by atoms with E-state index >= 15 is 0 Å². The molecule has 0 aliphatic carbocycles. The Morgan fingerprint density at radius 3 is 2.80 bits per heavy atom. The van der Waals surface area contributed by atoms with Crippen molar-refractivity contribution in [2.45, 2.75) is 25.8 Å². The lowest BCUT2D eigenvalue weighted by atomic mass is 10.0. The highest BCUT2D eigenvalue weighted by Crippen LogP contribution is 2.29. The molecule has 0 saturated carbocycles. The number of fused-ring (bicyclic) bond motifs is 1. The minimum Gasteiger partial charge on any atom is -0.303 e. The summed E-state index contributed by atoms with van der Waals surface area (Å²) in [6.45, 7) is 3.30. The van der Waals surface area contributed by atoms with Crippen LogP contribution in [0.15, 0.2) is 12.1 Å². The van der Waals surface area contributed by atoms with Gasteiger partial charge in [0.15, 0.2) is 0 Å². The summed E-state index contributed by atoms with van der Waals surface area (Å²) in [7, 11) is 2.16. The van der Waals surface area contributed by atoms with Gasteiger partial charge in [0.05, 0.1) is 0 Å². The van der Waals surface area contributed by atoms with Gasteiger partial charge in [0.1, 0.15) is 0 Å². The molecule has 1 aromatic rings. The van der Waals surface area contributed by atoms with Crippen molar-refractivity contribution < 1.29 is 0 Å². The molecule has 2 rings (SSSR count). The van der Waals surface area contributed by atoms with Crippen LogP contribution in [0, 0.1) is 0 Å². The lowest BCUT2D eigenvalue weighted by molar-refractivity contribution is 0.268. The Kier molecular flexibility index (Phi) is 3.24. The molecule has 0 amide bonds. The molecule has 0 bridgehead atoms. The third kappa shape index (κ3) is 2.30. The van der Waals surface area contributed by atoms with Crippen LogP contribution >= 0.6 is 23.2 Å². The highest BCUT2D eigenvalue weighted by molar-refractivity contribution is 6.35. The molecule has 0 unspecified atom stereocenters. The molecule has 1 aliphatic heterocycles. The predicted octanol–water partition coefficient (Wildman–Crippen LogP) is 3.41. The zero-order valence-corrected chi connectivity index (χ0v) is 10.6. The molecule has 1 nitrogen and oxygen atoms in total. The fourth-order valence-corrected chi connectivity index (χ4v) is 2.73. The first-order valence-electron chi connectivity index (χ1n) is 5.25. The minimum atomic E-state index is 0.556. The van der Waals surface area contributed by atoms with E-state index in [1.165, 1.54) is 11.1 Å². The second-order valence-corrected chi connectivity index (χ2v) is 5.15. The summed E-state index contributed by atoms with van der Waals surface area (Å²) in [5.74, 6) is 0. The van der Waals surface area contributed by atoms with Crippen molar-refractivity contribution in [2.24, 2.45) is 0 Å². The molecule has 1 heterocycles. The summed E-state index contributed by atoms with van der Waals surface area (Å²) < 4.78 is 0. The SMILES string of the molecule is C[C@@H]1Cc2cc(Cl)cc(Cl)c2CCN1C. The number of nitrogens with zero attached hydrogens (tertiary/aromatic N) is 1. The van der Waals surface area contributed by atoms with Crippen molar-refractivity contribution in [1.82, 2.24) is 4.90 Å². The van der Waals surface area contributed by atoms with Gasteiger partial charge >= 0.3 is 0 Å². The van der Waals surface area contributed by atoms with E-state index in [2.05, 4.69) is 24.9 Å². The Morgan fingerprint density at radius 1 is 1.33 bits per heavy atom. The van der Waals surface area contributed by atoms with E-state index in [-0.39, 0.29) is 0 Å². The first kappa shape index (κ1) is 11.3. The zero-order valence-electron chi connectivity index (χ0n) is 9.06. The summed E-state index contributed by atoms with van der Waals surface area (Å²) in [6.07, 6.45) is 2.05. The summed E-state index contributed by atoms with van der Waals surface area (Å²) >= 11 is 12.2. The molecule has 82 valence electrons. The number of rotatable bonds is 0. The van der Waals surface area contributed by atoms with Crippen LogP contribution in [0.4, 0.5) is 0 Å². The molecule has 0 aromatic heterocycles. The predicted molar refractivity (Wildman–Crippen MR) is 66.0 cm³/mol. The fourth-order valence-electron chi connectivity index (χ4n) is 2.10. The Morgan fingerprint density at radius 2 is 2.07 bits per heavy atom. The maximum atomic E-state index is 6.21. The molecule has 0 saturated heterocycles. The summed E-state index contributed by atoms with van der Waals surface area (Å²) in [5, 5.41) is 1.57. The highest BCUT2D eigenvalue weighted by Gasteiger charge is 2.19. The first-order valence-corrected chi connectivity index (χ1v) is 6.00. The van der Waals surface area contributed by atoms with Crippen molar-refractivity contribution in [1.29, 1.82) is 0 Å². The smallest absolute Gasteiger partial charge is 0.0456 e. The van der Waals surface area contributed by atoms with Crippen molar-refractivity contribution in [3.8, 4) is 0 Å². The minimum absolute atomic E-state index is 0.556. The molecule has 1 aliphatic rings. The Labute approximate surface area is 101 Å². The van der Waals surface area contributed by atoms with Crippen LogP contribution in [-0.2, 0) is 12.8 Å². The van der Waals surface area contributed by atoms with Gasteiger partial charge in [-0.1, -0.05) is 23.2 Å². The number of likely N-dealkylation sites (N-methyl/N-ethyl adjacent to an activating group) is 1. The molecule has 0 fully saturated rings. The van der Waals surface area contributed by atoms with Gasteiger partial charge in [0, 0.05) is 22.6 Å². The monoisotopic (exact) mass is 243 g/mol. The van der Waals surface area contributed by atoms with Crippen LogP contribution in [0.3, 0.4) is 0 Å². The number of hydrogen-bond acceptors (Lipinski definition) is 1. The summed E-state index contributed by atoms with van der Waals surface area (Å²) in [6, 6.07) is 4.46. The van der Waals surface area contributed by atoms with Crippen LogP contribution in [0.1, 0.15) is 18.1 Å². The van der Waals surface area contributed by atoms with Gasteiger partial charge < -0.3 is 4.90 Å². The maximum absolute atomic E-state index is 6.21. The molecule has 0 radical (unpaired) electrons. The largest absolute Gasteiger partial charge is 0.303 e. The standard InChI is InChI=1S/C12H15Cl2N/c1-8-5-9-6-10(13)7-12(14)11(9)3-4-15(8)2/h6-8H,3-5H2,1-2H3/t8-/m1/s1. The summed E-state index contributed by atoms with van der Waals surface area (Å²) in [5.41, 5.74) is 2.58. The van der Waals surface area contributed by atoms with Gasteiger partial charge in [-0.05, 0) is 50.1 Å². The quantitative estimate of drug-likeness (QED) is 0.676. The van der Waals surface area contributed by atoms with Gasteiger partial charge in [-0.3, -0.25) is 0 Å². The molecule has 15 heavy (non-hydrogen) atoms. The Bertz CT molecular complexity index is 376. The molecule has 1 atom stereocenters. The molecule has 0 N–H and O–H groups in total. The van der Waals surface area contributed by atoms with Crippen molar-refractivity contribution in [3.63, 3.8) is 0 Å². The van der Waals surface area contributed by atoms with Gasteiger partial charge in [0.25, 0.3) is 0 Å². The second-order valence-electron chi connectivity index (χ2n) is 4.31. The van der Waals surface area contributed by atoms with Gasteiger partial charge in [-0.25, -0.2) is 0 Å². The fraction of sp³-hybridized carbons (Fsp3) is 0.500. The highest BCUT2D eigenvalue weighted by atomic mass is 35.5. The lowest BCUT2D eigenvalue weighted by Crippen LogP contribution is -2.30. The Hall–Kier alpha value is -0.240.